The maximum Gasteiger partial charge on any atom is 0.300 e. The van der Waals surface area contributed by atoms with E-state index >= 15 is 0 Å². The molecule has 0 heterocycles. The molecule has 0 unspecified atom stereocenters. The SMILES string of the molecule is CC(=O)Nc1cccc(COCCOc2ccc(CCNC[C@H](O)c3ccc(O)c(CO)c3)cc2)c1.CC(=O)O. The van der Waals surface area contributed by atoms with Gasteiger partial charge in [-0.3, -0.25) is 9.59 Å². The van der Waals surface area contributed by atoms with Crippen LogP contribution in [0.4, 0.5) is 5.69 Å². The van der Waals surface area contributed by atoms with Gasteiger partial charge in [0, 0.05) is 31.6 Å². The molecule has 0 fully saturated rings. The van der Waals surface area contributed by atoms with Crippen molar-refractivity contribution in [1.82, 2.24) is 5.32 Å². The second-order valence-electron chi connectivity index (χ2n) is 8.96. The van der Waals surface area contributed by atoms with Crippen molar-refractivity contribution in [2.24, 2.45) is 0 Å². The van der Waals surface area contributed by atoms with Crippen molar-refractivity contribution in [3.8, 4) is 11.5 Å². The summed E-state index contributed by atoms with van der Waals surface area (Å²) in [6.07, 6.45) is 0.0699. The average molecular weight is 555 g/mol. The Balaban J connectivity index is 0.00000131. The number of phenols is 1. The zero-order valence-corrected chi connectivity index (χ0v) is 22.8. The predicted octanol–water partition coefficient (Wildman–Crippen LogP) is 3.40. The smallest absolute Gasteiger partial charge is 0.300 e. The Kier molecular flexibility index (Phi) is 14.2. The number of aliphatic carboxylic acids is 1. The van der Waals surface area contributed by atoms with E-state index in [1.807, 2.05) is 48.5 Å². The van der Waals surface area contributed by atoms with Gasteiger partial charge in [-0.05, 0) is 66.1 Å². The number of carboxylic acids is 1. The molecule has 10 nitrogen and oxygen atoms in total. The van der Waals surface area contributed by atoms with E-state index in [1.165, 1.54) is 13.0 Å². The zero-order chi connectivity index (χ0) is 29.3. The Morgan fingerprint density at radius 1 is 0.950 bits per heavy atom. The number of aliphatic hydroxyl groups is 2. The highest BCUT2D eigenvalue weighted by Crippen LogP contribution is 2.22. The number of anilines is 1. The van der Waals surface area contributed by atoms with Crippen LogP contribution in [0.5, 0.6) is 11.5 Å². The van der Waals surface area contributed by atoms with Gasteiger partial charge in [0.25, 0.3) is 5.97 Å². The van der Waals surface area contributed by atoms with Crippen LogP contribution in [0.1, 0.15) is 42.2 Å². The van der Waals surface area contributed by atoms with Crippen LogP contribution in [0.3, 0.4) is 0 Å². The lowest BCUT2D eigenvalue weighted by Crippen LogP contribution is -2.23. The summed E-state index contributed by atoms with van der Waals surface area (Å²) in [4.78, 5) is 20.2. The lowest BCUT2D eigenvalue weighted by atomic mass is 10.1. The molecule has 3 aromatic rings. The third-order valence-corrected chi connectivity index (χ3v) is 5.52. The van der Waals surface area contributed by atoms with Crippen molar-refractivity contribution in [2.75, 3.05) is 31.6 Å². The molecular weight excluding hydrogens is 516 g/mol. The van der Waals surface area contributed by atoms with Crippen LogP contribution in [-0.2, 0) is 34.0 Å². The minimum atomic E-state index is -0.833. The summed E-state index contributed by atoms with van der Waals surface area (Å²) in [7, 11) is 0. The zero-order valence-electron chi connectivity index (χ0n) is 22.8. The van der Waals surface area contributed by atoms with Crippen LogP contribution in [0.2, 0.25) is 0 Å². The van der Waals surface area contributed by atoms with E-state index < -0.39 is 12.1 Å². The predicted molar refractivity (Wildman–Crippen MR) is 151 cm³/mol. The van der Waals surface area contributed by atoms with Crippen LogP contribution in [0, 0.1) is 0 Å². The number of aliphatic hydroxyl groups excluding tert-OH is 2. The molecule has 3 rings (SSSR count). The van der Waals surface area contributed by atoms with Gasteiger partial charge in [0.1, 0.15) is 18.1 Å². The van der Waals surface area contributed by atoms with Crippen LogP contribution < -0.4 is 15.4 Å². The Morgan fingerprint density at radius 3 is 2.35 bits per heavy atom. The van der Waals surface area contributed by atoms with Gasteiger partial charge in [-0.1, -0.05) is 30.3 Å². The molecule has 0 aromatic heterocycles. The molecule has 0 saturated heterocycles. The van der Waals surface area contributed by atoms with Gasteiger partial charge in [-0.2, -0.15) is 0 Å². The molecule has 216 valence electrons. The van der Waals surface area contributed by atoms with Gasteiger partial charge in [0.15, 0.2) is 0 Å². The number of carbonyl (C=O) groups is 2. The number of ether oxygens (including phenoxy) is 2. The van der Waals surface area contributed by atoms with Crippen molar-refractivity contribution in [3.63, 3.8) is 0 Å². The number of carbonyl (C=O) groups excluding carboxylic acids is 1. The van der Waals surface area contributed by atoms with E-state index in [0.717, 1.165) is 35.9 Å². The van der Waals surface area contributed by atoms with Crippen LogP contribution in [0.25, 0.3) is 0 Å². The normalized spacial score (nSPS) is 11.2. The fourth-order valence-electron chi connectivity index (χ4n) is 3.63. The van der Waals surface area contributed by atoms with Crippen molar-refractivity contribution in [2.45, 2.75) is 39.6 Å². The standard InChI is InChI=1S/C28H34N2O6.C2H4O2/c1-20(32)30-25-4-2-3-22(15-25)19-35-13-14-36-26-8-5-21(6-9-26)11-12-29-17-28(34)23-7-10-27(33)24(16-23)18-31;1-2(3)4/h2-10,15-16,28-29,31,33-34H,11-14,17-19H2,1H3,(H,30,32);1H3,(H,3,4)/t28-;/m0./s1. The first kappa shape index (κ1) is 32.3. The van der Waals surface area contributed by atoms with Crippen molar-refractivity contribution >= 4 is 17.6 Å². The molecule has 0 radical (unpaired) electrons. The highest BCUT2D eigenvalue weighted by Gasteiger charge is 2.10. The highest BCUT2D eigenvalue weighted by molar-refractivity contribution is 5.88. The van der Waals surface area contributed by atoms with Gasteiger partial charge >= 0.3 is 0 Å². The summed E-state index contributed by atoms with van der Waals surface area (Å²) in [5.74, 6) is -0.150. The molecular formula is C30H38N2O8. The number of carboxylic acid groups (broad SMARTS) is 1. The second kappa shape index (κ2) is 17.6. The number of amides is 1. The lowest BCUT2D eigenvalue weighted by molar-refractivity contribution is -0.134. The van der Waals surface area contributed by atoms with Crippen LogP contribution in [-0.4, -0.2) is 58.6 Å². The third kappa shape index (κ3) is 12.7. The topological polar surface area (TPSA) is 158 Å². The third-order valence-electron chi connectivity index (χ3n) is 5.52. The first-order valence-corrected chi connectivity index (χ1v) is 12.8. The molecule has 1 amide bonds. The number of benzene rings is 3. The monoisotopic (exact) mass is 554 g/mol. The van der Waals surface area contributed by atoms with Gasteiger partial charge in [-0.25, -0.2) is 0 Å². The molecule has 10 heteroatoms. The fraction of sp³-hybridized carbons (Fsp3) is 0.333. The molecule has 1 atom stereocenters. The van der Waals surface area contributed by atoms with Crippen LogP contribution in [0.15, 0.2) is 66.7 Å². The maximum atomic E-state index is 11.2. The molecule has 0 spiro atoms. The molecule has 0 bridgehead atoms. The second-order valence-corrected chi connectivity index (χ2v) is 8.96. The number of aromatic hydroxyl groups is 1. The highest BCUT2D eigenvalue weighted by atomic mass is 16.5. The maximum absolute atomic E-state index is 11.2. The van der Waals surface area contributed by atoms with E-state index in [9.17, 15) is 20.1 Å². The molecule has 0 aliphatic rings. The van der Waals surface area contributed by atoms with Crippen molar-refractivity contribution in [3.05, 3.63) is 89.0 Å². The number of nitrogens with one attached hydrogen (secondary N) is 2. The van der Waals surface area contributed by atoms with E-state index in [4.69, 9.17) is 19.4 Å². The first-order chi connectivity index (χ1) is 19.2. The fourth-order valence-corrected chi connectivity index (χ4v) is 3.63. The summed E-state index contributed by atoms with van der Waals surface area (Å²) in [5, 5.41) is 42.6. The molecule has 6 N–H and O–H groups in total. The molecule has 0 saturated carbocycles. The molecule has 3 aromatic carbocycles. The van der Waals surface area contributed by atoms with Gasteiger partial charge in [0.05, 0.1) is 25.9 Å². The molecule has 40 heavy (non-hydrogen) atoms. The summed E-state index contributed by atoms with van der Waals surface area (Å²) in [6.45, 7) is 4.66. The van der Waals surface area contributed by atoms with Gasteiger partial charge < -0.3 is 40.5 Å². The van der Waals surface area contributed by atoms with Crippen molar-refractivity contribution < 1.29 is 39.5 Å². The van der Waals surface area contributed by atoms with E-state index in [-0.39, 0.29) is 18.3 Å². The summed E-state index contributed by atoms with van der Waals surface area (Å²) < 4.78 is 11.4. The molecule has 0 aliphatic heterocycles. The number of hydrogen-bond acceptors (Lipinski definition) is 8. The lowest BCUT2D eigenvalue weighted by Gasteiger charge is -2.14. The number of rotatable bonds is 14. The average Bonchev–Trinajstić information content (AvgIpc) is 2.91. The first-order valence-electron chi connectivity index (χ1n) is 12.8. The minimum absolute atomic E-state index is 0.0203. The summed E-state index contributed by atoms with van der Waals surface area (Å²) in [6, 6.07) is 20.2. The van der Waals surface area contributed by atoms with E-state index in [1.54, 1.807) is 12.1 Å². The molecule has 0 aliphatic carbocycles. The van der Waals surface area contributed by atoms with E-state index in [2.05, 4.69) is 10.6 Å². The Bertz CT molecular complexity index is 1200. The summed E-state index contributed by atoms with van der Waals surface area (Å²) in [5.41, 5.74) is 3.92. The Morgan fingerprint density at radius 2 is 1.68 bits per heavy atom. The Labute approximate surface area is 234 Å². The van der Waals surface area contributed by atoms with Gasteiger partial charge in [0.2, 0.25) is 5.91 Å². The summed E-state index contributed by atoms with van der Waals surface area (Å²) >= 11 is 0. The largest absolute Gasteiger partial charge is 0.508 e. The minimum Gasteiger partial charge on any atom is -0.508 e. The quantitative estimate of drug-likeness (QED) is 0.164. The Hall–Kier alpha value is -3.96. The van der Waals surface area contributed by atoms with Crippen molar-refractivity contribution in [1.29, 1.82) is 0 Å². The van der Waals surface area contributed by atoms with Gasteiger partial charge in [-0.15, -0.1) is 0 Å². The van der Waals surface area contributed by atoms with Crippen LogP contribution >= 0.6 is 0 Å². The number of hydrogen-bond donors (Lipinski definition) is 6. The van der Waals surface area contributed by atoms with E-state index in [0.29, 0.717) is 44.0 Å².